The van der Waals surface area contributed by atoms with E-state index in [1.54, 1.807) is 17.8 Å². The monoisotopic (exact) mass is 253 g/mol. The van der Waals surface area contributed by atoms with Gasteiger partial charge in [0.05, 0.1) is 0 Å². The smallest absolute Gasteiger partial charge is 0.136 e. The number of hydrogen-bond donors (Lipinski definition) is 0. The molecule has 1 aliphatic heterocycles. The van der Waals surface area contributed by atoms with Crippen molar-refractivity contribution in [3.05, 3.63) is 30.1 Å². The van der Waals surface area contributed by atoms with Crippen molar-refractivity contribution in [3.8, 4) is 0 Å². The first-order valence-electron chi connectivity index (χ1n) is 6.39. The van der Waals surface area contributed by atoms with E-state index in [4.69, 9.17) is 0 Å². The zero-order chi connectivity index (χ0) is 12.1. The fourth-order valence-electron chi connectivity index (χ4n) is 2.32. The van der Waals surface area contributed by atoms with Crippen LogP contribution in [-0.2, 0) is 0 Å². The van der Waals surface area contributed by atoms with Crippen LogP contribution in [0.3, 0.4) is 0 Å². The van der Waals surface area contributed by atoms with Crippen LogP contribution in [0.2, 0.25) is 0 Å². The van der Waals surface area contributed by atoms with Crippen molar-refractivity contribution in [1.29, 1.82) is 0 Å². The number of halogens is 1. The molecule has 2 rings (SSSR count). The SMILES string of the molecule is CC1CCCCN1CCSc1ccccc1F. The lowest BCUT2D eigenvalue weighted by molar-refractivity contribution is 0.171. The van der Waals surface area contributed by atoms with Gasteiger partial charge >= 0.3 is 0 Å². The van der Waals surface area contributed by atoms with Gasteiger partial charge < -0.3 is 0 Å². The number of benzene rings is 1. The van der Waals surface area contributed by atoms with Gasteiger partial charge in [-0.05, 0) is 38.4 Å². The van der Waals surface area contributed by atoms with Crippen molar-refractivity contribution >= 4 is 11.8 Å². The van der Waals surface area contributed by atoms with E-state index in [1.807, 2.05) is 12.1 Å². The van der Waals surface area contributed by atoms with Crippen LogP contribution in [0, 0.1) is 5.82 Å². The van der Waals surface area contributed by atoms with Crippen molar-refractivity contribution in [1.82, 2.24) is 4.90 Å². The summed E-state index contributed by atoms with van der Waals surface area (Å²) in [5, 5.41) is 0. The third kappa shape index (κ3) is 3.71. The third-order valence-electron chi connectivity index (χ3n) is 3.41. The molecule has 0 bridgehead atoms. The van der Waals surface area contributed by atoms with Gasteiger partial charge in [-0.15, -0.1) is 11.8 Å². The second-order valence-electron chi connectivity index (χ2n) is 4.66. The first kappa shape index (κ1) is 12.9. The molecule has 0 N–H and O–H groups in total. The van der Waals surface area contributed by atoms with Crippen LogP contribution in [0.4, 0.5) is 4.39 Å². The van der Waals surface area contributed by atoms with Crippen LogP contribution in [0.25, 0.3) is 0 Å². The highest BCUT2D eigenvalue weighted by atomic mass is 32.2. The van der Waals surface area contributed by atoms with Crippen LogP contribution >= 0.6 is 11.8 Å². The largest absolute Gasteiger partial charge is 0.300 e. The van der Waals surface area contributed by atoms with Crippen molar-refractivity contribution in [2.24, 2.45) is 0 Å². The van der Waals surface area contributed by atoms with Crippen molar-refractivity contribution in [2.45, 2.75) is 37.1 Å². The summed E-state index contributed by atoms with van der Waals surface area (Å²) < 4.78 is 13.4. The minimum absolute atomic E-state index is 0.0933. The zero-order valence-corrected chi connectivity index (χ0v) is 11.2. The highest BCUT2D eigenvalue weighted by Crippen LogP contribution is 2.22. The molecular formula is C14H20FNS. The highest BCUT2D eigenvalue weighted by molar-refractivity contribution is 7.99. The maximum Gasteiger partial charge on any atom is 0.136 e. The van der Waals surface area contributed by atoms with Crippen molar-refractivity contribution in [3.63, 3.8) is 0 Å². The van der Waals surface area contributed by atoms with Crippen LogP contribution in [0.1, 0.15) is 26.2 Å². The lowest BCUT2D eigenvalue weighted by Gasteiger charge is -2.33. The predicted octanol–water partition coefficient (Wildman–Crippen LogP) is 3.79. The molecule has 1 aromatic rings. The quantitative estimate of drug-likeness (QED) is 0.751. The maximum absolute atomic E-state index is 13.4. The first-order valence-corrected chi connectivity index (χ1v) is 7.37. The van der Waals surface area contributed by atoms with Gasteiger partial charge in [0, 0.05) is 23.2 Å². The Bertz CT molecular complexity index is 356. The number of nitrogens with zero attached hydrogens (tertiary/aromatic N) is 1. The second-order valence-corrected chi connectivity index (χ2v) is 5.80. The summed E-state index contributed by atoms with van der Waals surface area (Å²) in [6.45, 7) is 4.58. The van der Waals surface area contributed by atoms with Gasteiger partial charge in [-0.2, -0.15) is 0 Å². The number of likely N-dealkylation sites (tertiary alicyclic amines) is 1. The van der Waals surface area contributed by atoms with Crippen LogP contribution in [-0.4, -0.2) is 29.8 Å². The van der Waals surface area contributed by atoms with E-state index in [-0.39, 0.29) is 5.82 Å². The third-order valence-corrected chi connectivity index (χ3v) is 4.44. The summed E-state index contributed by atoms with van der Waals surface area (Å²) >= 11 is 1.63. The van der Waals surface area contributed by atoms with E-state index in [9.17, 15) is 4.39 Å². The molecular weight excluding hydrogens is 233 g/mol. The minimum Gasteiger partial charge on any atom is -0.300 e. The molecule has 1 aliphatic rings. The van der Waals surface area contributed by atoms with Crippen LogP contribution in [0.15, 0.2) is 29.2 Å². The first-order chi connectivity index (χ1) is 8.27. The van der Waals surface area contributed by atoms with E-state index < -0.39 is 0 Å². The minimum atomic E-state index is -0.0933. The Morgan fingerprint density at radius 2 is 2.18 bits per heavy atom. The Kier molecular flexibility index (Phi) is 4.86. The standard InChI is InChI=1S/C14H20FNS/c1-12-6-4-5-9-16(12)10-11-17-14-8-3-2-7-13(14)15/h2-3,7-8,12H,4-6,9-11H2,1H3. The lowest BCUT2D eigenvalue weighted by atomic mass is 10.0. The Balaban J connectivity index is 1.77. The average Bonchev–Trinajstić information content (AvgIpc) is 2.34. The van der Waals surface area contributed by atoms with Crippen LogP contribution < -0.4 is 0 Å². The Labute approximate surface area is 107 Å². The Hall–Kier alpha value is -0.540. The second kappa shape index (κ2) is 6.41. The summed E-state index contributed by atoms with van der Waals surface area (Å²) in [4.78, 5) is 3.30. The average molecular weight is 253 g/mol. The molecule has 1 unspecified atom stereocenters. The summed E-state index contributed by atoms with van der Waals surface area (Å²) in [5.74, 6) is 0.884. The molecule has 1 heterocycles. The Morgan fingerprint density at radius 3 is 2.94 bits per heavy atom. The van der Waals surface area contributed by atoms with Gasteiger partial charge in [0.1, 0.15) is 5.82 Å². The normalized spacial score (nSPS) is 21.6. The van der Waals surface area contributed by atoms with Gasteiger partial charge in [0.25, 0.3) is 0 Å². The highest BCUT2D eigenvalue weighted by Gasteiger charge is 2.17. The van der Waals surface area contributed by atoms with Gasteiger partial charge in [-0.1, -0.05) is 18.6 Å². The molecule has 1 atom stereocenters. The number of hydrogen-bond acceptors (Lipinski definition) is 2. The van der Waals surface area contributed by atoms with Crippen molar-refractivity contribution < 1.29 is 4.39 Å². The maximum atomic E-state index is 13.4. The van der Waals surface area contributed by atoms with E-state index in [1.165, 1.54) is 31.9 Å². The Morgan fingerprint density at radius 1 is 1.35 bits per heavy atom. The molecule has 0 aromatic heterocycles. The molecule has 0 amide bonds. The molecule has 1 nitrogen and oxygen atoms in total. The molecule has 0 radical (unpaired) electrons. The van der Waals surface area contributed by atoms with Gasteiger partial charge in [0.15, 0.2) is 0 Å². The molecule has 17 heavy (non-hydrogen) atoms. The van der Waals surface area contributed by atoms with E-state index >= 15 is 0 Å². The fraction of sp³-hybridized carbons (Fsp3) is 0.571. The fourth-order valence-corrected chi connectivity index (χ4v) is 3.25. The van der Waals surface area contributed by atoms with Gasteiger partial charge in [-0.25, -0.2) is 4.39 Å². The summed E-state index contributed by atoms with van der Waals surface area (Å²) in [5.41, 5.74) is 0. The van der Waals surface area contributed by atoms with E-state index in [2.05, 4.69) is 11.8 Å². The van der Waals surface area contributed by atoms with E-state index in [0.29, 0.717) is 6.04 Å². The molecule has 3 heteroatoms. The molecule has 1 fully saturated rings. The summed E-state index contributed by atoms with van der Waals surface area (Å²) in [6.07, 6.45) is 3.98. The molecule has 0 spiro atoms. The molecule has 0 aliphatic carbocycles. The van der Waals surface area contributed by atoms with Crippen molar-refractivity contribution in [2.75, 3.05) is 18.8 Å². The predicted molar refractivity (Wildman–Crippen MR) is 72.0 cm³/mol. The number of piperidine rings is 1. The molecule has 94 valence electrons. The van der Waals surface area contributed by atoms with Gasteiger partial charge in [-0.3, -0.25) is 4.90 Å². The topological polar surface area (TPSA) is 3.24 Å². The summed E-state index contributed by atoms with van der Waals surface area (Å²) in [7, 11) is 0. The van der Waals surface area contributed by atoms with Gasteiger partial charge in [0.2, 0.25) is 0 Å². The lowest BCUT2D eigenvalue weighted by Crippen LogP contribution is -2.38. The number of rotatable bonds is 4. The zero-order valence-electron chi connectivity index (χ0n) is 10.4. The summed E-state index contributed by atoms with van der Waals surface area (Å²) in [6, 6.07) is 7.73. The molecule has 1 saturated heterocycles. The van der Waals surface area contributed by atoms with E-state index in [0.717, 1.165) is 17.2 Å². The number of thioether (sulfide) groups is 1. The molecule has 1 aromatic carbocycles. The van der Waals surface area contributed by atoms with Crippen LogP contribution in [0.5, 0.6) is 0 Å². The molecule has 0 saturated carbocycles.